The van der Waals surface area contributed by atoms with Gasteiger partial charge in [-0.05, 0) is 18.1 Å². The summed E-state index contributed by atoms with van der Waals surface area (Å²) in [5, 5.41) is 2.94. The number of carbonyl (C=O) groups excluding carboxylic acids is 1. The maximum atomic E-state index is 12.3. The van der Waals surface area contributed by atoms with Crippen LogP contribution >= 0.6 is 0 Å². The monoisotopic (exact) mass is 356 g/mol. The Kier molecular flexibility index (Phi) is 6.19. The quantitative estimate of drug-likeness (QED) is 0.848. The summed E-state index contributed by atoms with van der Waals surface area (Å²) in [4.78, 5) is 29.0. The molecule has 2 aromatic heterocycles. The highest BCUT2D eigenvalue weighted by Crippen LogP contribution is 2.11. The van der Waals surface area contributed by atoms with Crippen LogP contribution in [0.3, 0.4) is 0 Å². The van der Waals surface area contributed by atoms with Gasteiger partial charge in [0.1, 0.15) is 0 Å². The van der Waals surface area contributed by atoms with Crippen molar-refractivity contribution in [2.24, 2.45) is 0 Å². The van der Waals surface area contributed by atoms with Crippen molar-refractivity contribution in [2.45, 2.75) is 19.9 Å². The highest BCUT2D eigenvalue weighted by molar-refractivity contribution is 5.74. The third-order valence-corrected chi connectivity index (χ3v) is 4.10. The Hall–Kier alpha value is -2.90. The van der Waals surface area contributed by atoms with E-state index in [1.54, 1.807) is 24.7 Å². The van der Waals surface area contributed by atoms with E-state index in [4.69, 9.17) is 4.74 Å². The Bertz CT molecular complexity index is 687. The number of nitrogens with zero attached hydrogens (tertiary/aromatic N) is 5. The van der Waals surface area contributed by atoms with Gasteiger partial charge in [-0.1, -0.05) is 13.0 Å². The highest BCUT2D eigenvalue weighted by atomic mass is 16.5. The van der Waals surface area contributed by atoms with Crippen molar-refractivity contribution in [2.75, 3.05) is 37.7 Å². The van der Waals surface area contributed by atoms with Crippen LogP contribution in [0.25, 0.3) is 0 Å². The molecule has 0 aromatic carbocycles. The first-order valence-corrected chi connectivity index (χ1v) is 8.88. The summed E-state index contributed by atoms with van der Waals surface area (Å²) in [6, 6.07) is 5.48. The number of nitrogens with one attached hydrogen (secondary N) is 1. The van der Waals surface area contributed by atoms with Crippen LogP contribution in [0.4, 0.5) is 10.7 Å². The molecule has 138 valence electrons. The van der Waals surface area contributed by atoms with E-state index in [2.05, 4.69) is 32.1 Å². The molecule has 1 aliphatic rings. The molecule has 8 nitrogen and oxygen atoms in total. The molecule has 8 heteroatoms. The topological polar surface area (TPSA) is 83.5 Å². The molecule has 26 heavy (non-hydrogen) atoms. The van der Waals surface area contributed by atoms with Crippen LogP contribution in [0.5, 0.6) is 5.88 Å². The Morgan fingerprint density at radius 2 is 1.92 bits per heavy atom. The van der Waals surface area contributed by atoms with Crippen LogP contribution in [0.15, 0.2) is 36.8 Å². The number of pyridine rings is 1. The van der Waals surface area contributed by atoms with E-state index in [1.807, 2.05) is 17.0 Å². The fourth-order valence-corrected chi connectivity index (χ4v) is 2.66. The summed E-state index contributed by atoms with van der Waals surface area (Å²) in [6.45, 7) is 5.89. The number of amides is 2. The van der Waals surface area contributed by atoms with Gasteiger partial charge in [0, 0.05) is 57.4 Å². The van der Waals surface area contributed by atoms with Crippen LogP contribution in [-0.2, 0) is 6.54 Å². The van der Waals surface area contributed by atoms with E-state index in [9.17, 15) is 4.79 Å². The molecule has 0 bridgehead atoms. The van der Waals surface area contributed by atoms with Crippen molar-refractivity contribution in [3.63, 3.8) is 0 Å². The lowest BCUT2D eigenvalue weighted by Crippen LogP contribution is -2.52. The van der Waals surface area contributed by atoms with Gasteiger partial charge < -0.3 is 19.9 Å². The van der Waals surface area contributed by atoms with Crippen molar-refractivity contribution in [1.29, 1.82) is 0 Å². The highest BCUT2D eigenvalue weighted by Gasteiger charge is 2.22. The van der Waals surface area contributed by atoms with Crippen LogP contribution in [0, 0.1) is 0 Å². The van der Waals surface area contributed by atoms with E-state index < -0.39 is 0 Å². The number of anilines is 1. The van der Waals surface area contributed by atoms with E-state index in [1.165, 1.54) is 0 Å². The third-order valence-electron chi connectivity index (χ3n) is 4.10. The molecule has 1 N–H and O–H groups in total. The number of hydrogen-bond donors (Lipinski definition) is 1. The molecule has 1 fully saturated rings. The van der Waals surface area contributed by atoms with E-state index in [0.29, 0.717) is 38.1 Å². The van der Waals surface area contributed by atoms with E-state index in [-0.39, 0.29) is 6.03 Å². The number of hydrogen-bond acceptors (Lipinski definition) is 6. The maximum absolute atomic E-state index is 12.3. The van der Waals surface area contributed by atoms with Crippen molar-refractivity contribution in [3.8, 4) is 5.88 Å². The van der Waals surface area contributed by atoms with Crippen molar-refractivity contribution < 1.29 is 9.53 Å². The zero-order valence-electron chi connectivity index (χ0n) is 15.0. The second-order valence-corrected chi connectivity index (χ2v) is 6.03. The lowest BCUT2D eigenvalue weighted by Gasteiger charge is -2.34. The number of aromatic nitrogens is 3. The molecule has 0 spiro atoms. The molecule has 0 unspecified atom stereocenters. The second-order valence-electron chi connectivity index (χ2n) is 6.03. The van der Waals surface area contributed by atoms with Gasteiger partial charge in [0.25, 0.3) is 0 Å². The minimum atomic E-state index is -0.0649. The van der Waals surface area contributed by atoms with Gasteiger partial charge in [-0.2, -0.15) is 0 Å². The number of piperazine rings is 1. The first-order chi connectivity index (χ1) is 12.8. The third kappa shape index (κ3) is 4.81. The molecule has 0 atom stereocenters. The van der Waals surface area contributed by atoms with Gasteiger partial charge in [-0.15, -0.1) is 0 Å². The number of rotatable bonds is 6. The van der Waals surface area contributed by atoms with Gasteiger partial charge in [0.15, 0.2) is 0 Å². The molecule has 1 aliphatic heterocycles. The predicted octanol–water partition coefficient (Wildman–Crippen LogP) is 1.69. The molecule has 1 saturated heterocycles. The molecular formula is C18H24N6O2. The SMILES string of the molecule is CCCOc1ccc(CNC(=O)N2CCN(c3ncccn3)CC2)cn1. The Labute approximate surface area is 153 Å². The second kappa shape index (κ2) is 8.98. The van der Waals surface area contributed by atoms with Crippen LogP contribution in [0.1, 0.15) is 18.9 Å². The van der Waals surface area contributed by atoms with Gasteiger partial charge in [-0.3, -0.25) is 0 Å². The van der Waals surface area contributed by atoms with Gasteiger partial charge in [0.2, 0.25) is 11.8 Å². The lowest BCUT2D eigenvalue weighted by molar-refractivity contribution is 0.193. The standard InChI is InChI=1S/C18H24N6O2/c1-2-12-26-16-5-4-15(13-21-16)14-22-18(25)24-10-8-23(9-11-24)17-19-6-3-7-20-17/h3-7,13H,2,8-12,14H2,1H3,(H,22,25). The van der Waals surface area contributed by atoms with E-state index >= 15 is 0 Å². The number of urea groups is 1. The Balaban J connectivity index is 1.43. The molecule has 2 aromatic rings. The molecule has 3 heterocycles. The maximum Gasteiger partial charge on any atom is 0.317 e. The Morgan fingerprint density at radius 1 is 1.15 bits per heavy atom. The first-order valence-electron chi connectivity index (χ1n) is 8.88. The minimum Gasteiger partial charge on any atom is -0.478 e. The van der Waals surface area contributed by atoms with Crippen LogP contribution < -0.4 is 15.0 Å². The largest absolute Gasteiger partial charge is 0.478 e. The number of ether oxygens (including phenoxy) is 1. The summed E-state index contributed by atoms with van der Waals surface area (Å²) in [5.41, 5.74) is 0.943. The molecule has 3 rings (SSSR count). The minimum absolute atomic E-state index is 0.0649. The first kappa shape index (κ1) is 17.9. The zero-order chi connectivity index (χ0) is 18.2. The van der Waals surface area contributed by atoms with Crippen molar-refractivity contribution in [1.82, 2.24) is 25.2 Å². The fraction of sp³-hybridized carbons (Fsp3) is 0.444. The number of carbonyl (C=O) groups is 1. The summed E-state index contributed by atoms with van der Waals surface area (Å²) >= 11 is 0. The van der Waals surface area contributed by atoms with Gasteiger partial charge >= 0.3 is 6.03 Å². The van der Waals surface area contributed by atoms with Gasteiger partial charge in [-0.25, -0.2) is 19.7 Å². The zero-order valence-corrected chi connectivity index (χ0v) is 15.0. The average Bonchev–Trinajstić information content (AvgIpc) is 2.72. The molecule has 0 saturated carbocycles. The molecule has 2 amide bonds. The lowest BCUT2D eigenvalue weighted by atomic mass is 10.3. The Morgan fingerprint density at radius 3 is 2.58 bits per heavy atom. The van der Waals surface area contributed by atoms with Crippen LogP contribution in [-0.4, -0.2) is 58.7 Å². The van der Waals surface area contributed by atoms with Crippen molar-refractivity contribution >= 4 is 12.0 Å². The van der Waals surface area contributed by atoms with Crippen LogP contribution in [0.2, 0.25) is 0 Å². The normalized spacial score (nSPS) is 14.2. The fourth-order valence-electron chi connectivity index (χ4n) is 2.66. The summed E-state index contributed by atoms with van der Waals surface area (Å²) in [7, 11) is 0. The molecule has 0 aliphatic carbocycles. The summed E-state index contributed by atoms with van der Waals surface area (Å²) in [5.74, 6) is 1.32. The molecular weight excluding hydrogens is 332 g/mol. The molecule has 0 radical (unpaired) electrons. The van der Waals surface area contributed by atoms with Gasteiger partial charge in [0.05, 0.1) is 6.61 Å². The summed E-state index contributed by atoms with van der Waals surface area (Å²) < 4.78 is 5.46. The predicted molar refractivity (Wildman–Crippen MR) is 98.1 cm³/mol. The van der Waals surface area contributed by atoms with Crippen molar-refractivity contribution in [3.05, 3.63) is 42.4 Å². The smallest absolute Gasteiger partial charge is 0.317 e. The summed E-state index contributed by atoms with van der Waals surface area (Å²) in [6.07, 6.45) is 6.14. The average molecular weight is 356 g/mol. The van der Waals surface area contributed by atoms with E-state index in [0.717, 1.165) is 25.1 Å².